The molecule has 1 heteroatoms. The average molecular weight is 537 g/mol. The van der Waals surface area contributed by atoms with Crippen LogP contribution in [0.1, 0.15) is 0 Å². The van der Waals surface area contributed by atoms with Crippen molar-refractivity contribution in [2.45, 2.75) is 0 Å². The van der Waals surface area contributed by atoms with Gasteiger partial charge in [0.15, 0.2) is 0 Å². The summed E-state index contributed by atoms with van der Waals surface area (Å²) in [5.74, 6) is 0. The lowest BCUT2D eigenvalue weighted by Gasteiger charge is -2.14. The molecular weight excluding hydrogens is 513 g/mol. The molecule has 190 valence electrons. The van der Waals surface area contributed by atoms with Crippen LogP contribution in [-0.2, 0) is 0 Å². The highest BCUT2D eigenvalue weighted by Gasteiger charge is 2.16. The molecule has 0 aliphatic carbocycles. The maximum Gasteiger partial charge on any atom is 0.0440 e. The van der Waals surface area contributed by atoms with Gasteiger partial charge in [-0.25, -0.2) is 0 Å². The Labute approximate surface area is 241 Å². The fourth-order valence-corrected chi connectivity index (χ4v) is 8.06. The molecule has 0 saturated carbocycles. The third kappa shape index (κ3) is 3.33. The van der Waals surface area contributed by atoms with Crippen molar-refractivity contribution in [2.24, 2.45) is 0 Å². The van der Waals surface area contributed by atoms with Gasteiger partial charge < -0.3 is 0 Å². The van der Waals surface area contributed by atoms with Crippen LogP contribution in [-0.4, -0.2) is 0 Å². The summed E-state index contributed by atoms with van der Waals surface area (Å²) in [6.45, 7) is 0. The number of benzene rings is 8. The molecule has 0 fully saturated rings. The zero-order chi connectivity index (χ0) is 26.9. The second-order valence-corrected chi connectivity index (χ2v) is 11.9. The van der Waals surface area contributed by atoms with Crippen molar-refractivity contribution < 1.29 is 0 Å². The molecule has 0 radical (unpaired) electrons. The van der Waals surface area contributed by atoms with Gasteiger partial charge in [0.05, 0.1) is 0 Å². The minimum atomic E-state index is 1.26. The number of fused-ring (bicyclic) bond motifs is 10. The molecule has 0 nitrogen and oxygen atoms in total. The van der Waals surface area contributed by atoms with E-state index in [9.17, 15) is 0 Å². The number of rotatable bonds is 2. The maximum absolute atomic E-state index is 2.43. The summed E-state index contributed by atoms with van der Waals surface area (Å²) in [7, 11) is 0. The highest BCUT2D eigenvalue weighted by atomic mass is 32.1. The zero-order valence-corrected chi connectivity index (χ0v) is 23.1. The summed E-state index contributed by atoms with van der Waals surface area (Å²) >= 11 is 1.91. The molecule has 0 bridgehead atoms. The van der Waals surface area contributed by atoms with E-state index in [1.165, 1.54) is 85.5 Å². The smallest absolute Gasteiger partial charge is 0.0440 e. The molecule has 8 aromatic carbocycles. The van der Waals surface area contributed by atoms with E-state index in [4.69, 9.17) is 0 Å². The van der Waals surface area contributed by atoms with Gasteiger partial charge in [0.2, 0.25) is 0 Å². The fourth-order valence-electron chi connectivity index (χ4n) is 6.82. The summed E-state index contributed by atoms with van der Waals surface area (Å²) in [6.07, 6.45) is 0. The molecular formula is C40H24S. The first kappa shape index (κ1) is 22.8. The van der Waals surface area contributed by atoms with Crippen LogP contribution in [0.25, 0.3) is 85.5 Å². The summed E-state index contributed by atoms with van der Waals surface area (Å²) in [5.41, 5.74) is 5.09. The van der Waals surface area contributed by atoms with E-state index in [1.807, 2.05) is 11.3 Å². The molecule has 1 heterocycles. The molecule has 0 atom stereocenters. The van der Waals surface area contributed by atoms with Crippen LogP contribution in [0.3, 0.4) is 0 Å². The van der Waals surface area contributed by atoms with Crippen molar-refractivity contribution in [3.05, 3.63) is 146 Å². The normalized spacial score (nSPS) is 11.9. The molecule has 0 spiro atoms. The molecule has 9 aromatic rings. The minimum Gasteiger partial charge on any atom is -0.135 e. The predicted molar refractivity (Wildman–Crippen MR) is 180 cm³/mol. The van der Waals surface area contributed by atoms with Crippen LogP contribution in [0.5, 0.6) is 0 Å². The van der Waals surface area contributed by atoms with Gasteiger partial charge in [-0.05, 0) is 72.1 Å². The Kier molecular flexibility index (Phi) is 4.87. The molecule has 0 unspecified atom stereocenters. The van der Waals surface area contributed by atoms with E-state index in [-0.39, 0.29) is 0 Å². The fraction of sp³-hybridized carbons (Fsp3) is 0. The van der Waals surface area contributed by atoms with Crippen molar-refractivity contribution in [1.29, 1.82) is 0 Å². The van der Waals surface area contributed by atoms with E-state index in [0.29, 0.717) is 0 Å². The molecule has 1 aromatic heterocycles. The topological polar surface area (TPSA) is 0 Å². The van der Waals surface area contributed by atoms with Gasteiger partial charge >= 0.3 is 0 Å². The predicted octanol–water partition coefficient (Wildman–Crippen LogP) is 12.0. The highest BCUT2D eigenvalue weighted by molar-refractivity contribution is 7.27. The van der Waals surface area contributed by atoms with Crippen LogP contribution in [0, 0.1) is 0 Å². The van der Waals surface area contributed by atoms with Gasteiger partial charge in [-0.1, -0.05) is 133 Å². The van der Waals surface area contributed by atoms with E-state index in [2.05, 4.69) is 146 Å². The first-order valence-electron chi connectivity index (χ1n) is 14.1. The van der Waals surface area contributed by atoms with Crippen LogP contribution >= 0.6 is 11.3 Å². The Morgan fingerprint density at radius 2 is 0.902 bits per heavy atom. The first-order valence-corrected chi connectivity index (χ1v) is 14.9. The Hall–Kier alpha value is -4.98. The summed E-state index contributed by atoms with van der Waals surface area (Å²) in [4.78, 5) is 0. The third-order valence-electron chi connectivity index (χ3n) is 8.66. The molecule has 0 aliphatic heterocycles. The second-order valence-electron chi connectivity index (χ2n) is 10.8. The van der Waals surface area contributed by atoms with Crippen molar-refractivity contribution in [3.63, 3.8) is 0 Å². The summed E-state index contributed by atoms with van der Waals surface area (Å²) in [6, 6.07) is 53.6. The van der Waals surface area contributed by atoms with Gasteiger partial charge in [0.1, 0.15) is 0 Å². The number of hydrogen-bond acceptors (Lipinski definition) is 1. The van der Waals surface area contributed by atoms with Gasteiger partial charge in [-0.15, -0.1) is 11.3 Å². The van der Waals surface area contributed by atoms with Gasteiger partial charge in [-0.3, -0.25) is 0 Å². The molecule has 0 amide bonds. The number of hydrogen-bond donors (Lipinski definition) is 0. The van der Waals surface area contributed by atoms with Crippen molar-refractivity contribution in [3.8, 4) is 22.3 Å². The molecule has 0 saturated heterocycles. The lowest BCUT2D eigenvalue weighted by Crippen LogP contribution is -1.87. The lowest BCUT2D eigenvalue weighted by molar-refractivity contribution is 1.66. The van der Waals surface area contributed by atoms with Crippen LogP contribution in [0.15, 0.2) is 146 Å². The largest absolute Gasteiger partial charge is 0.135 e. The van der Waals surface area contributed by atoms with Crippen LogP contribution < -0.4 is 0 Å². The molecule has 0 aliphatic rings. The highest BCUT2D eigenvalue weighted by Crippen LogP contribution is 2.46. The molecule has 9 rings (SSSR count). The zero-order valence-electron chi connectivity index (χ0n) is 22.3. The number of thiophene rings is 1. The minimum absolute atomic E-state index is 1.26. The quantitative estimate of drug-likeness (QED) is 0.193. The Bertz CT molecular complexity index is 2470. The van der Waals surface area contributed by atoms with Crippen LogP contribution in [0.4, 0.5) is 0 Å². The van der Waals surface area contributed by atoms with E-state index >= 15 is 0 Å². The Morgan fingerprint density at radius 3 is 1.71 bits per heavy atom. The molecule has 0 N–H and O–H groups in total. The first-order chi connectivity index (χ1) is 20.3. The van der Waals surface area contributed by atoms with Crippen molar-refractivity contribution in [1.82, 2.24) is 0 Å². The summed E-state index contributed by atoms with van der Waals surface area (Å²) in [5, 5.41) is 13.2. The Morgan fingerprint density at radius 1 is 0.341 bits per heavy atom. The third-order valence-corrected chi connectivity index (χ3v) is 9.87. The van der Waals surface area contributed by atoms with Crippen LogP contribution in [0.2, 0.25) is 0 Å². The Balaban J connectivity index is 1.32. The average Bonchev–Trinajstić information content (AvgIpc) is 3.44. The molecule has 41 heavy (non-hydrogen) atoms. The van der Waals surface area contributed by atoms with Gasteiger partial charge in [-0.2, -0.15) is 0 Å². The van der Waals surface area contributed by atoms with E-state index < -0.39 is 0 Å². The SMILES string of the molecule is c1ccc2c(-c3ccc(-c4ccc5sc6c7ccccc7c7ccccc7c6c5c4)c4ccccc34)cccc2c1. The van der Waals surface area contributed by atoms with E-state index in [0.717, 1.165) is 0 Å². The monoisotopic (exact) mass is 536 g/mol. The van der Waals surface area contributed by atoms with Crippen molar-refractivity contribution in [2.75, 3.05) is 0 Å². The standard InChI is InChI=1S/C40H24S/c1-2-12-27-25(10-1)11-9-19-30(27)34-22-21-28(29-13-3-4-14-31(29)34)26-20-23-38-37(24-26)39-35-17-7-5-15-32(35)33-16-6-8-18-36(33)40(39)41-38/h1-24H. The maximum atomic E-state index is 2.43. The van der Waals surface area contributed by atoms with Crippen molar-refractivity contribution >= 4 is 74.6 Å². The second kappa shape index (κ2) is 8.76. The summed E-state index contributed by atoms with van der Waals surface area (Å²) < 4.78 is 2.71. The van der Waals surface area contributed by atoms with Gasteiger partial charge in [0, 0.05) is 25.6 Å². The van der Waals surface area contributed by atoms with E-state index in [1.54, 1.807) is 0 Å². The lowest BCUT2D eigenvalue weighted by atomic mass is 9.89. The van der Waals surface area contributed by atoms with Gasteiger partial charge in [0.25, 0.3) is 0 Å².